The first kappa shape index (κ1) is 20.4. The van der Waals surface area contributed by atoms with Crippen molar-refractivity contribution in [1.29, 1.82) is 0 Å². The summed E-state index contributed by atoms with van der Waals surface area (Å²) in [5, 5.41) is 6.93. The second kappa shape index (κ2) is 7.95. The number of hydrogen-bond donors (Lipinski definition) is 2. The van der Waals surface area contributed by atoms with Crippen LogP contribution in [0.25, 0.3) is 0 Å². The molecule has 152 valence electrons. The minimum Gasteiger partial charge on any atom is -0.497 e. The third-order valence-electron chi connectivity index (χ3n) is 3.94. The summed E-state index contributed by atoms with van der Waals surface area (Å²) in [5.41, 5.74) is 3.69. The van der Waals surface area contributed by atoms with Gasteiger partial charge in [-0.1, -0.05) is 0 Å². The maximum absolute atomic E-state index is 12.5. The quantitative estimate of drug-likeness (QED) is 0.580. The van der Waals surface area contributed by atoms with Gasteiger partial charge in [-0.05, 0) is 54.7 Å². The SMILES string of the molecule is COc1ccc(NC(=S)N/N=C2\C(=O)N(C)c3ccc(OC(F)(F)F)cc32)cc1. The Balaban J connectivity index is 1.77. The van der Waals surface area contributed by atoms with Crippen LogP contribution in [0.3, 0.4) is 0 Å². The van der Waals surface area contributed by atoms with Crippen LogP contribution in [-0.2, 0) is 4.79 Å². The fraction of sp³-hybridized carbons (Fsp3) is 0.167. The summed E-state index contributed by atoms with van der Waals surface area (Å²) in [7, 11) is 3.03. The molecule has 2 aromatic rings. The van der Waals surface area contributed by atoms with Gasteiger partial charge in [0.2, 0.25) is 0 Å². The molecule has 0 unspecified atom stereocenters. The lowest BCUT2D eigenvalue weighted by atomic mass is 10.1. The van der Waals surface area contributed by atoms with Crippen LogP contribution in [0.15, 0.2) is 47.6 Å². The van der Waals surface area contributed by atoms with Crippen LogP contribution < -0.4 is 25.1 Å². The molecule has 1 aliphatic heterocycles. The van der Waals surface area contributed by atoms with E-state index in [0.29, 0.717) is 17.1 Å². The summed E-state index contributed by atoms with van der Waals surface area (Å²) in [6.45, 7) is 0. The molecular weight excluding hydrogens is 409 g/mol. The Morgan fingerprint density at radius 3 is 2.41 bits per heavy atom. The molecule has 0 bridgehead atoms. The molecule has 1 amide bonds. The summed E-state index contributed by atoms with van der Waals surface area (Å²) in [5.74, 6) is -0.280. The summed E-state index contributed by atoms with van der Waals surface area (Å²) in [6, 6.07) is 10.5. The molecule has 0 saturated heterocycles. The van der Waals surface area contributed by atoms with Gasteiger partial charge in [-0.25, -0.2) is 0 Å². The number of rotatable bonds is 4. The van der Waals surface area contributed by atoms with Crippen molar-refractivity contribution >= 4 is 40.3 Å². The Morgan fingerprint density at radius 2 is 1.79 bits per heavy atom. The number of nitrogens with zero attached hydrogens (tertiary/aromatic N) is 2. The number of halogens is 3. The van der Waals surface area contributed by atoms with E-state index in [2.05, 4.69) is 20.6 Å². The lowest BCUT2D eigenvalue weighted by Crippen LogP contribution is -2.30. The number of hydrogen-bond acceptors (Lipinski definition) is 5. The standard InChI is InChI=1S/C18H15F3N4O3S/c1-25-14-8-7-12(28-18(19,20)21)9-13(14)15(16(25)26)23-24-17(29)22-10-3-5-11(27-2)6-4-10/h3-9H,1-2H3,(H2,22,24,29)/b23-15-. The van der Waals surface area contributed by atoms with E-state index < -0.39 is 18.0 Å². The van der Waals surface area contributed by atoms with E-state index in [4.69, 9.17) is 17.0 Å². The molecule has 2 N–H and O–H groups in total. The summed E-state index contributed by atoms with van der Waals surface area (Å²) < 4.78 is 46.4. The fourth-order valence-electron chi connectivity index (χ4n) is 2.63. The number of fused-ring (bicyclic) bond motifs is 1. The van der Waals surface area contributed by atoms with Crippen molar-refractivity contribution in [1.82, 2.24) is 5.43 Å². The monoisotopic (exact) mass is 424 g/mol. The number of alkyl halides is 3. The highest BCUT2D eigenvalue weighted by Crippen LogP contribution is 2.33. The first-order valence-corrected chi connectivity index (χ1v) is 8.56. The Kier molecular flexibility index (Phi) is 5.59. The number of anilines is 2. The third kappa shape index (κ3) is 4.74. The van der Waals surface area contributed by atoms with Gasteiger partial charge < -0.3 is 19.7 Å². The first-order chi connectivity index (χ1) is 13.7. The van der Waals surface area contributed by atoms with E-state index in [9.17, 15) is 18.0 Å². The van der Waals surface area contributed by atoms with Crippen molar-refractivity contribution in [2.75, 3.05) is 24.4 Å². The molecule has 0 atom stereocenters. The second-order valence-corrected chi connectivity index (χ2v) is 6.25. The molecule has 3 rings (SSSR count). The van der Waals surface area contributed by atoms with E-state index in [1.54, 1.807) is 31.4 Å². The first-order valence-electron chi connectivity index (χ1n) is 8.15. The zero-order valence-electron chi connectivity index (χ0n) is 15.2. The Morgan fingerprint density at radius 1 is 1.14 bits per heavy atom. The molecule has 0 aromatic heterocycles. The molecule has 1 aliphatic rings. The zero-order chi connectivity index (χ0) is 21.2. The Labute approximate surface area is 169 Å². The lowest BCUT2D eigenvalue weighted by molar-refractivity contribution is -0.274. The fourth-order valence-corrected chi connectivity index (χ4v) is 2.79. The van der Waals surface area contributed by atoms with Gasteiger partial charge in [0.25, 0.3) is 5.91 Å². The molecular formula is C18H15F3N4O3S. The van der Waals surface area contributed by atoms with Crippen LogP contribution in [-0.4, -0.2) is 37.3 Å². The van der Waals surface area contributed by atoms with E-state index in [1.165, 1.54) is 18.0 Å². The largest absolute Gasteiger partial charge is 0.573 e. The predicted molar refractivity (Wildman–Crippen MR) is 105 cm³/mol. The number of thiocarbonyl (C=S) groups is 1. The highest BCUT2D eigenvalue weighted by Gasteiger charge is 2.35. The number of nitrogens with one attached hydrogen (secondary N) is 2. The number of carbonyl (C=O) groups excluding carboxylic acids is 1. The average molecular weight is 424 g/mol. The van der Waals surface area contributed by atoms with Crippen LogP contribution in [0, 0.1) is 0 Å². The van der Waals surface area contributed by atoms with Crippen molar-refractivity contribution in [2.45, 2.75) is 6.36 Å². The molecule has 0 spiro atoms. The molecule has 0 aliphatic carbocycles. The van der Waals surface area contributed by atoms with E-state index >= 15 is 0 Å². The summed E-state index contributed by atoms with van der Waals surface area (Å²) in [6.07, 6.45) is -4.85. The highest BCUT2D eigenvalue weighted by atomic mass is 32.1. The molecule has 0 saturated carbocycles. The van der Waals surface area contributed by atoms with Crippen molar-refractivity contribution in [2.24, 2.45) is 5.10 Å². The number of ether oxygens (including phenoxy) is 2. The van der Waals surface area contributed by atoms with Gasteiger partial charge in [-0.15, -0.1) is 13.2 Å². The van der Waals surface area contributed by atoms with Gasteiger partial charge in [0.1, 0.15) is 11.5 Å². The second-order valence-electron chi connectivity index (χ2n) is 5.85. The maximum Gasteiger partial charge on any atom is 0.573 e. The van der Waals surface area contributed by atoms with Gasteiger partial charge >= 0.3 is 6.36 Å². The van der Waals surface area contributed by atoms with Crippen molar-refractivity contribution in [3.05, 3.63) is 48.0 Å². The van der Waals surface area contributed by atoms with Crippen LogP contribution in [0.2, 0.25) is 0 Å². The van der Waals surface area contributed by atoms with Crippen LogP contribution in [0.1, 0.15) is 5.56 Å². The predicted octanol–water partition coefficient (Wildman–Crippen LogP) is 3.26. The van der Waals surface area contributed by atoms with E-state index in [0.717, 1.165) is 12.1 Å². The van der Waals surface area contributed by atoms with E-state index in [1.807, 2.05) is 0 Å². The average Bonchev–Trinajstić information content (AvgIpc) is 2.89. The molecule has 7 nitrogen and oxygen atoms in total. The minimum absolute atomic E-state index is 0.0889. The third-order valence-corrected chi connectivity index (χ3v) is 4.14. The zero-order valence-corrected chi connectivity index (χ0v) is 16.0. The van der Waals surface area contributed by atoms with Gasteiger partial charge in [-0.3, -0.25) is 10.2 Å². The van der Waals surface area contributed by atoms with E-state index in [-0.39, 0.29) is 16.4 Å². The van der Waals surface area contributed by atoms with Crippen LogP contribution >= 0.6 is 12.2 Å². The van der Waals surface area contributed by atoms with Crippen molar-refractivity contribution in [3.63, 3.8) is 0 Å². The van der Waals surface area contributed by atoms with Crippen LogP contribution in [0.5, 0.6) is 11.5 Å². The number of hydrazone groups is 1. The minimum atomic E-state index is -4.85. The smallest absolute Gasteiger partial charge is 0.497 e. The summed E-state index contributed by atoms with van der Waals surface area (Å²) >= 11 is 5.14. The molecule has 11 heteroatoms. The lowest BCUT2D eigenvalue weighted by Gasteiger charge is -2.11. The highest BCUT2D eigenvalue weighted by molar-refractivity contribution is 7.80. The maximum atomic E-state index is 12.5. The van der Waals surface area contributed by atoms with Crippen LogP contribution in [0.4, 0.5) is 24.5 Å². The number of likely N-dealkylation sites (N-methyl/N-ethyl adjacent to an activating group) is 1. The van der Waals surface area contributed by atoms with Gasteiger partial charge in [0.15, 0.2) is 10.8 Å². The molecule has 1 heterocycles. The van der Waals surface area contributed by atoms with Gasteiger partial charge in [0, 0.05) is 18.3 Å². The molecule has 0 radical (unpaired) electrons. The van der Waals surface area contributed by atoms with Gasteiger partial charge in [-0.2, -0.15) is 5.10 Å². The van der Waals surface area contributed by atoms with Gasteiger partial charge in [0.05, 0.1) is 12.8 Å². The number of methoxy groups -OCH3 is 1. The number of carbonyl (C=O) groups is 1. The normalized spacial score (nSPS) is 14.6. The Hall–Kier alpha value is -3.34. The topological polar surface area (TPSA) is 75.2 Å². The molecule has 2 aromatic carbocycles. The molecule has 29 heavy (non-hydrogen) atoms. The van der Waals surface area contributed by atoms with Crippen molar-refractivity contribution < 1.29 is 27.4 Å². The molecule has 0 fully saturated rings. The number of amides is 1. The Bertz CT molecular complexity index is 977. The summed E-state index contributed by atoms with van der Waals surface area (Å²) in [4.78, 5) is 13.7. The number of benzene rings is 2. The van der Waals surface area contributed by atoms with Crippen molar-refractivity contribution in [3.8, 4) is 11.5 Å².